The summed E-state index contributed by atoms with van der Waals surface area (Å²) in [7, 11) is 0. The van der Waals surface area contributed by atoms with Crippen LogP contribution >= 0.6 is 0 Å². The number of fused-ring (bicyclic) bond motifs is 2. The molecular weight excluding hydrogens is 304 g/mol. The van der Waals surface area contributed by atoms with Gasteiger partial charge in [0.15, 0.2) is 0 Å². The van der Waals surface area contributed by atoms with Gasteiger partial charge in [-0.2, -0.15) is 0 Å². The molecule has 4 nitrogen and oxygen atoms in total. The quantitative estimate of drug-likeness (QED) is 0.480. The summed E-state index contributed by atoms with van der Waals surface area (Å²) in [5.41, 5.74) is 2.75. The number of hydrogen-bond donors (Lipinski definition) is 4. The Morgan fingerprint density at radius 1 is 0.708 bits per heavy atom. The van der Waals surface area contributed by atoms with Gasteiger partial charge >= 0.3 is 0 Å². The molecule has 0 bridgehead atoms. The SMILES string of the molecule is O[C@@H]1C=Cc2c(cc3c4c2ccc2cccc(c24)[C@@H](O)[C@@H]3O)[C@H]1O. The van der Waals surface area contributed by atoms with Gasteiger partial charge in [0, 0.05) is 0 Å². The summed E-state index contributed by atoms with van der Waals surface area (Å²) in [6.07, 6.45) is -0.678. The number of rotatable bonds is 0. The van der Waals surface area contributed by atoms with E-state index in [1.54, 1.807) is 12.1 Å². The predicted molar refractivity (Wildman–Crippen MR) is 91.4 cm³/mol. The molecule has 3 aromatic rings. The van der Waals surface area contributed by atoms with Gasteiger partial charge in [0.2, 0.25) is 0 Å². The van der Waals surface area contributed by atoms with Crippen molar-refractivity contribution in [2.24, 2.45) is 0 Å². The van der Waals surface area contributed by atoms with Crippen molar-refractivity contribution in [3.05, 3.63) is 64.7 Å². The van der Waals surface area contributed by atoms with Crippen molar-refractivity contribution in [2.45, 2.75) is 24.4 Å². The lowest BCUT2D eigenvalue weighted by Crippen LogP contribution is -2.22. The molecule has 120 valence electrons. The smallest absolute Gasteiger partial charge is 0.110 e. The summed E-state index contributed by atoms with van der Waals surface area (Å²) < 4.78 is 0. The first kappa shape index (κ1) is 14.1. The molecule has 24 heavy (non-hydrogen) atoms. The second kappa shape index (κ2) is 4.65. The fraction of sp³-hybridized carbons (Fsp3) is 0.200. The summed E-state index contributed by atoms with van der Waals surface area (Å²) in [6.45, 7) is 0. The number of benzene rings is 3. The van der Waals surface area contributed by atoms with Crippen molar-refractivity contribution < 1.29 is 20.4 Å². The molecule has 0 spiro atoms. The minimum atomic E-state index is -1.06. The van der Waals surface area contributed by atoms with Gasteiger partial charge < -0.3 is 20.4 Å². The van der Waals surface area contributed by atoms with Crippen LogP contribution in [0.5, 0.6) is 0 Å². The maximum atomic E-state index is 10.6. The third-order valence-corrected chi connectivity index (χ3v) is 5.32. The van der Waals surface area contributed by atoms with Gasteiger partial charge in [-0.15, -0.1) is 0 Å². The normalized spacial score (nSPS) is 27.8. The van der Waals surface area contributed by atoms with Gasteiger partial charge in [-0.3, -0.25) is 0 Å². The van der Waals surface area contributed by atoms with Crippen LogP contribution in [0.15, 0.2) is 42.5 Å². The molecule has 2 aliphatic rings. The number of hydrogen-bond acceptors (Lipinski definition) is 4. The summed E-state index contributed by atoms with van der Waals surface area (Å²) in [6, 6.07) is 11.4. The Balaban J connectivity index is 2.02. The fourth-order valence-electron chi connectivity index (χ4n) is 4.14. The van der Waals surface area contributed by atoms with Crippen molar-refractivity contribution >= 4 is 27.6 Å². The van der Waals surface area contributed by atoms with Crippen LogP contribution < -0.4 is 0 Å². The van der Waals surface area contributed by atoms with Crippen molar-refractivity contribution in [3.8, 4) is 0 Å². The highest BCUT2D eigenvalue weighted by Crippen LogP contribution is 2.48. The zero-order valence-corrected chi connectivity index (χ0v) is 12.7. The van der Waals surface area contributed by atoms with Crippen LogP contribution in [0.2, 0.25) is 0 Å². The van der Waals surface area contributed by atoms with Crippen molar-refractivity contribution in [2.75, 3.05) is 0 Å². The van der Waals surface area contributed by atoms with Gasteiger partial charge in [-0.25, -0.2) is 0 Å². The average molecular weight is 320 g/mol. The minimum Gasteiger partial charge on any atom is -0.386 e. The highest BCUT2D eigenvalue weighted by Gasteiger charge is 2.33. The number of aliphatic hydroxyl groups excluding tert-OH is 4. The number of aliphatic hydroxyl groups is 4. The predicted octanol–water partition coefficient (Wildman–Crippen LogP) is 2.49. The van der Waals surface area contributed by atoms with E-state index in [-0.39, 0.29) is 0 Å². The molecule has 0 fully saturated rings. The second-order valence-corrected chi connectivity index (χ2v) is 6.59. The Kier molecular flexibility index (Phi) is 2.74. The molecule has 0 aliphatic heterocycles. The lowest BCUT2D eigenvalue weighted by molar-refractivity contribution is 0.0172. The molecule has 5 rings (SSSR count). The maximum absolute atomic E-state index is 10.6. The monoisotopic (exact) mass is 320 g/mol. The Labute approximate surface area is 137 Å². The van der Waals surface area contributed by atoms with Crippen LogP contribution in [-0.4, -0.2) is 26.5 Å². The highest BCUT2D eigenvalue weighted by atomic mass is 16.3. The van der Waals surface area contributed by atoms with Crippen molar-refractivity contribution in [1.82, 2.24) is 0 Å². The van der Waals surface area contributed by atoms with Gasteiger partial charge in [0.1, 0.15) is 24.4 Å². The molecule has 0 heterocycles. The topological polar surface area (TPSA) is 80.9 Å². The molecular formula is C20H16O4. The largest absolute Gasteiger partial charge is 0.386 e. The van der Waals surface area contributed by atoms with E-state index in [1.165, 1.54) is 0 Å². The molecule has 2 aliphatic carbocycles. The van der Waals surface area contributed by atoms with Crippen LogP contribution in [0.3, 0.4) is 0 Å². The van der Waals surface area contributed by atoms with E-state index < -0.39 is 24.4 Å². The van der Waals surface area contributed by atoms with E-state index in [1.807, 2.05) is 36.4 Å². The molecule has 0 aromatic heterocycles. The van der Waals surface area contributed by atoms with E-state index >= 15 is 0 Å². The zero-order valence-electron chi connectivity index (χ0n) is 12.7. The summed E-state index contributed by atoms with van der Waals surface area (Å²) in [5.74, 6) is 0. The fourth-order valence-corrected chi connectivity index (χ4v) is 4.14. The summed E-state index contributed by atoms with van der Waals surface area (Å²) in [4.78, 5) is 0. The van der Waals surface area contributed by atoms with Crippen LogP contribution in [0.25, 0.3) is 27.6 Å². The minimum absolute atomic E-state index is 0.581. The van der Waals surface area contributed by atoms with Crippen LogP contribution in [0.1, 0.15) is 40.6 Å². The summed E-state index contributed by atoms with van der Waals surface area (Å²) in [5, 5.41) is 45.2. The first-order valence-electron chi connectivity index (χ1n) is 8.00. The van der Waals surface area contributed by atoms with Crippen molar-refractivity contribution in [1.29, 1.82) is 0 Å². The van der Waals surface area contributed by atoms with Crippen LogP contribution in [0, 0.1) is 0 Å². The van der Waals surface area contributed by atoms with Gasteiger partial charge in [-0.1, -0.05) is 42.5 Å². The third-order valence-electron chi connectivity index (χ3n) is 5.32. The van der Waals surface area contributed by atoms with E-state index in [0.29, 0.717) is 11.1 Å². The summed E-state index contributed by atoms with van der Waals surface area (Å²) >= 11 is 0. The van der Waals surface area contributed by atoms with Gasteiger partial charge in [0.05, 0.1) is 0 Å². The zero-order chi connectivity index (χ0) is 16.6. The molecule has 4 atom stereocenters. The average Bonchev–Trinajstić information content (AvgIpc) is 2.61. The Morgan fingerprint density at radius 2 is 1.50 bits per heavy atom. The van der Waals surface area contributed by atoms with Gasteiger partial charge in [0.25, 0.3) is 0 Å². The van der Waals surface area contributed by atoms with Gasteiger partial charge in [-0.05, 0) is 49.9 Å². The standard InChI is InChI=1S/C20H16O4/c21-15-7-6-10-11-5-4-9-2-1-3-12-16(9)17(11)14(20(24)19(12)23)8-13(10)18(15)22/h1-8,15,18-24H/t15-,18-,19-,20-/m1/s1. The second-order valence-electron chi connectivity index (χ2n) is 6.59. The van der Waals surface area contributed by atoms with Crippen LogP contribution in [-0.2, 0) is 0 Å². The van der Waals surface area contributed by atoms with E-state index in [2.05, 4.69) is 0 Å². The highest BCUT2D eigenvalue weighted by molar-refractivity contribution is 6.14. The Morgan fingerprint density at radius 3 is 2.33 bits per heavy atom. The van der Waals surface area contributed by atoms with Crippen LogP contribution in [0.4, 0.5) is 0 Å². The first-order valence-corrected chi connectivity index (χ1v) is 8.00. The first-order chi connectivity index (χ1) is 11.6. The third kappa shape index (κ3) is 1.61. The molecule has 4 heteroatoms. The molecule has 0 saturated heterocycles. The molecule has 4 N–H and O–H groups in total. The van der Waals surface area contributed by atoms with E-state index in [0.717, 1.165) is 32.7 Å². The Bertz CT molecular complexity index is 1040. The molecule has 0 unspecified atom stereocenters. The Hall–Kier alpha value is -2.24. The molecule has 0 saturated carbocycles. The maximum Gasteiger partial charge on any atom is 0.110 e. The van der Waals surface area contributed by atoms with E-state index in [4.69, 9.17) is 0 Å². The lowest BCUT2D eigenvalue weighted by Gasteiger charge is -2.31. The lowest BCUT2D eigenvalue weighted by atomic mass is 9.78. The van der Waals surface area contributed by atoms with E-state index in [9.17, 15) is 20.4 Å². The van der Waals surface area contributed by atoms with Crippen molar-refractivity contribution in [3.63, 3.8) is 0 Å². The molecule has 3 aromatic carbocycles. The molecule has 0 radical (unpaired) electrons. The molecule has 0 amide bonds.